The molecule has 5 nitrogen and oxygen atoms in total. The van der Waals surface area contributed by atoms with Crippen molar-refractivity contribution in [2.24, 2.45) is 0 Å². The van der Waals surface area contributed by atoms with E-state index in [1.54, 1.807) is 12.1 Å². The third kappa shape index (κ3) is 5.31. The van der Waals surface area contributed by atoms with Crippen molar-refractivity contribution in [2.75, 3.05) is 13.2 Å². The van der Waals surface area contributed by atoms with E-state index in [1.807, 2.05) is 0 Å². The topological polar surface area (TPSA) is 72.5 Å². The van der Waals surface area contributed by atoms with Crippen molar-refractivity contribution in [3.05, 3.63) is 54.6 Å². The molecule has 1 aromatic heterocycles. The molecule has 0 atom stereocenters. The molecule has 126 valence electrons. The van der Waals surface area contributed by atoms with Crippen LogP contribution in [-0.4, -0.2) is 30.8 Å². The molecule has 0 aliphatic rings. The molecule has 1 N–H and O–H groups in total. The van der Waals surface area contributed by atoms with E-state index in [0.717, 1.165) is 3.79 Å². The summed E-state index contributed by atoms with van der Waals surface area (Å²) in [5.41, 5.74) is 0.261. The monoisotopic (exact) mass is 449 g/mol. The number of ether oxygens (including phenoxy) is 1. The van der Waals surface area contributed by atoms with Crippen molar-refractivity contribution in [2.45, 2.75) is 0 Å². The van der Waals surface area contributed by atoms with Gasteiger partial charge in [0.2, 0.25) is 5.78 Å². The lowest BCUT2D eigenvalue weighted by atomic mass is 10.2. The lowest BCUT2D eigenvalue weighted by molar-refractivity contribution is -0.141. The fraction of sp³-hybridized carbons (Fsp3) is 0.133. The van der Waals surface area contributed by atoms with Crippen LogP contribution in [0.1, 0.15) is 20.0 Å². The Hall–Kier alpha value is -1.41. The third-order valence-corrected chi connectivity index (χ3v) is 5.19. The molecule has 1 aromatic carbocycles. The molecule has 2 rings (SSSR count). The molecule has 0 radical (unpaired) electrons. The predicted molar refractivity (Wildman–Crippen MR) is 96.1 cm³/mol. The van der Waals surface area contributed by atoms with Crippen LogP contribution in [0.5, 0.6) is 0 Å². The quantitative estimate of drug-likeness (QED) is 0.533. The highest BCUT2D eigenvalue weighted by atomic mass is 79.9. The largest absolute Gasteiger partial charge is 0.456 e. The molecule has 0 aliphatic carbocycles. The minimum absolute atomic E-state index is 0.236. The van der Waals surface area contributed by atoms with Gasteiger partial charge in [-0.2, -0.15) is 0 Å². The summed E-state index contributed by atoms with van der Waals surface area (Å²) in [5.74, 6) is -1.53. The Kier molecular flexibility index (Phi) is 6.79. The number of hydrogen-bond acceptors (Lipinski definition) is 5. The number of benzene rings is 1. The van der Waals surface area contributed by atoms with E-state index >= 15 is 0 Å². The van der Waals surface area contributed by atoms with Crippen LogP contribution in [0.4, 0.5) is 0 Å². The molecule has 0 unspecified atom stereocenters. The van der Waals surface area contributed by atoms with Crippen LogP contribution in [0.3, 0.4) is 0 Å². The Morgan fingerprint density at radius 1 is 1.12 bits per heavy atom. The molecule has 0 saturated heterocycles. The van der Waals surface area contributed by atoms with Crippen molar-refractivity contribution in [1.29, 1.82) is 0 Å². The van der Waals surface area contributed by atoms with E-state index in [0.29, 0.717) is 9.90 Å². The Balaban J connectivity index is 1.79. The van der Waals surface area contributed by atoms with Gasteiger partial charge in [0.15, 0.2) is 6.61 Å². The molecular weight excluding hydrogens is 441 g/mol. The van der Waals surface area contributed by atoms with Gasteiger partial charge in [-0.05, 0) is 46.3 Å². The van der Waals surface area contributed by atoms with Crippen molar-refractivity contribution >= 4 is 68.1 Å². The van der Waals surface area contributed by atoms with Crippen LogP contribution in [-0.2, 0) is 9.53 Å². The number of nitrogens with one attached hydrogen (secondary N) is 1. The maximum Gasteiger partial charge on any atom is 0.325 e. The minimum atomic E-state index is -0.715. The molecule has 0 bridgehead atoms. The van der Waals surface area contributed by atoms with Crippen LogP contribution in [0.15, 0.2) is 34.1 Å². The van der Waals surface area contributed by atoms with Crippen LogP contribution in [0.2, 0.25) is 10.0 Å². The first-order valence-electron chi connectivity index (χ1n) is 6.54. The van der Waals surface area contributed by atoms with Gasteiger partial charge in [0.05, 0.1) is 18.7 Å². The Morgan fingerprint density at radius 2 is 1.88 bits per heavy atom. The Labute approximate surface area is 160 Å². The SMILES string of the molecule is O=C(CNC(=O)c1ccc(Cl)c(Cl)c1)OCC(=O)c1ccc(Br)s1. The van der Waals surface area contributed by atoms with Gasteiger partial charge < -0.3 is 10.1 Å². The van der Waals surface area contributed by atoms with Gasteiger partial charge in [0.25, 0.3) is 5.91 Å². The number of esters is 1. The summed E-state index contributed by atoms with van der Waals surface area (Å²) < 4.78 is 5.65. The summed E-state index contributed by atoms with van der Waals surface area (Å²) in [7, 11) is 0. The highest BCUT2D eigenvalue weighted by Gasteiger charge is 2.14. The number of thiophene rings is 1. The number of carbonyl (C=O) groups is 3. The number of hydrogen-bond donors (Lipinski definition) is 1. The summed E-state index contributed by atoms with van der Waals surface area (Å²) in [6.45, 7) is -0.741. The van der Waals surface area contributed by atoms with Gasteiger partial charge in [-0.25, -0.2) is 0 Å². The normalized spacial score (nSPS) is 10.3. The standard InChI is InChI=1S/C15H10BrCl2NO4S/c16-13-4-3-12(24-13)11(20)7-23-14(21)6-19-15(22)8-1-2-9(17)10(18)5-8/h1-5H,6-7H2,(H,19,22). The maximum absolute atomic E-state index is 11.9. The van der Waals surface area contributed by atoms with Crippen LogP contribution < -0.4 is 5.32 Å². The van der Waals surface area contributed by atoms with Gasteiger partial charge in [-0.1, -0.05) is 23.2 Å². The zero-order chi connectivity index (χ0) is 17.7. The summed E-state index contributed by atoms with van der Waals surface area (Å²) in [4.78, 5) is 35.8. The molecular formula is C15H10BrCl2NO4S. The second kappa shape index (κ2) is 8.62. The molecule has 0 fully saturated rings. The van der Waals surface area contributed by atoms with E-state index in [-0.39, 0.29) is 29.5 Å². The Bertz CT molecular complexity index is 794. The number of rotatable bonds is 6. The van der Waals surface area contributed by atoms with E-state index < -0.39 is 11.9 Å². The number of amides is 1. The second-order valence-corrected chi connectivity index (χ2v) is 7.78. The number of Topliss-reactive ketones (excluding diaryl/α,β-unsaturated/α-hetero) is 1. The molecule has 1 heterocycles. The van der Waals surface area contributed by atoms with Crippen LogP contribution >= 0.6 is 50.5 Å². The fourth-order valence-electron chi connectivity index (χ4n) is 1.62. The third-order valence-electron chi connectivity index (χ3n) is 2.79. The smallest absolute Gasteiger partial charge is 0.325 e. The molecule has 2 aromatic rings. The zero-order valence-corrected chi connectivity index (χ0v) is 15.9. The van der Waals surface area contributed by atoms with Crippen molar-refractivity contribution < 1.29 is 19.1 Å². The van der Waals surface area contributed by atoms with Gasteiger partial charge in [-0.3, -0.25) is 14.4 Å². The summed E-state index contributed by atoms with van der Waals surface area (Å²) in [5, 5.41) is 2.94. The predicted octanol–water partition coefficient (Wildman–Crippen LogP) is 3.97. The average molecular weight is 451 g/mol. The van der Waals surface area contributed by atoms with Gasteiger partial charge in [-0.15, -0.1) is 11.3 Å². The first kappa shape index (κ1) is 18.9. The molecule has 9 heteroatoms. The maximum atomic E-state index is 11.9. The van der Waals surface area contributed by atoms with Gasteiger partial charge in [0.1, 0.15) is 6.54 Å². The van der Waals surface area contributed by atoms with Crippen molar-refractivity contribution in [3.8, 4) is 0 Å². The fourth-order valence-corrected chi connectivity index (χ4v) is 3.23. The lowest BCUT2D eigenvalue weighted by Gasteiger charge is -2.06. The van der Waals surface area contributed by atoms with Crippen LogP contribution in [0.25, 0.3) is 0 Å². The summed E-state index contributed by atoms with van der Waals surface area (Å²) >= 11 is 16.1. The first-order chi connectivity index (χ1) is 11.4. The first-order valence-corrected chi connectivity index (χ1v) is 8.91. The van der Waals surface area contributed by atoms with Crippen molar-refractivity contribution in [1.82, 2.24) is 5.32 Å². The summed E-state index contributed by atoms with van der Waals surface area (Å²) in [6, 6.07) is 7.72. The number of ketones is 1. The molecule has 0 aliphatic heterocycles. The molecule has 0 saturated carbocycles. The zero-order valence-electron chi connectivity index (χ0n) is 12.0. The lowest BCUT2D eigenvalue weighted by Crippen LogP contribution is -2.31. The van der Waals surface area contributed by atoms with E-state index in [1.165, 1.54) is 29.5 Å². The molecule has 24 heavy (non-hydrogen) atoms. The van der Waals surface area contributed by atoms with E-state index in [4.69, 9.17) is 27.9 Å². The van der Waals surface area contributed by atoms with Crippen molar-refractivity contribution in [3.63, 3.8) is 0 Å². The molecule has 0 spiro atoms. The second-order valence-electron chi connectivity index (χ2n) is 4.50. The number of halogens is 3. The number of carbonyl (C=O) groups excluding carboxylic acids is 3. The van der Waals surface area contributed by atoms with E-state index in [2.05, 4.69) is 21.2 Å². The summed E-state index contributed by atoms with van der Waals surface area (Å²) in [6.07, 6.45) is 0. The Morgan fingerprint density at radius 3 is 2.50 bits per heavy atom. The highest BCUT2D eigenvalue weighted by molar-refractivity contribution is 9.11. The van der Waals surface area contributed by atoms with E-state index in [9.17, 15) is 14.4 Å². The highest BCUT2D eigenvalue weighted by Crippen LogP contribution is 2.23. The molecule has 1 amide bonds. The minimum Gasteiger partial charge on any atom is -0.456 e. The van der Waals surface area contributed by atoms with Crippen LogP contribution in [0, 0.1) is 0 Å². The average Bonchev–Trinajstić information content (AvgIpc) is 2.99. The van der Waals surface area contributed by atoms with Gasteiger partial charge >= 0.3 is 5.97 Å². The van der Waals surface area contributed by atoms with Gasteiger partial charge in [0, 0.05) is 5.56 Å².